The van der Waals surface area contributed by atoms with Gasteiger partial charge in [-0.05, 0) is 12.8 Å². The van der Waals surface area contributed by atoms with Gasteiger partial charge in [-0.3, -0.25) is 15.2 Å². The van der Waals surface area contributed by atoms with Gasteiger partial charge in [0.05, 0.1) is 10.3 Å². The zero-order valence-electron chi connectivity index (χ0n) is 9.04. The van der Waals surface area contributed by atoms with Crippen molar-refractivity contribution in [2.24, 2.45) is 0 Å². The maximum Gasteiger partial charge on any atom is 0.333 e. The molecule has 0 amide bonds. The molecule has 17 heavy (non-hydrogen) atoms. The molecule has 1 aliphatic carbocycles. The topological polar surface area (TPSA) is 118 Å². The minimum Gasteiger partial charge on any atom is -0.479 e. The summed E-state index contributed by atoms with van der Waals surface area (Å²) in [6, 6.07) is 0. The fourth-order valence-corrected chi connectivity index (χ4v) is 2.13. The van der Waals surface area contributed by atoms with Crippen LogP contribution in [0.2, 0.25) is 0 Å². The summed E-state index contributed by atoms with van der Waals surface area (Å²) in [6.07, 6.45) is 1.05. The molecule has 8 heteroatoms. The second kappa shape index (κ2) is 3.81. The monoisotopic (exact) mass is 241 g/mol. The zero-order chi connectivity index (χ0) is 12.6. The Bertz CT molecular complexity index is 465. The van der Waals surface area contributed by atoms with E-state index >= 15 is 0 Å². The number of rotatable bonds is 5. The van der Waals surface area contributed by atoms with Crippen LogP contribution in [0.15, 0.2) is 6.20 Å². The molecule has 0 aromatic carbocycles. The number of carboxylic acid groups (broad SMARTS) is 1. The molecular weight excluding hydrogens is 230 g/mol. The fraction of sp³-hybridized carbons (Fsp3) is 0.556. The number of nitrogens with zero attached hydrogens (tertiary/aromatic N) is 2. The quantitative estimate of drug-likeness (QED) is 0.570. The highest BCUT2D eigenvalue weighted by molar-refractivity contribution is 5.76. The molecule has 1 aromatic rings. The Morgan fingerprint density at radius 1 is 1.76 bits per heavy atom. The van der Waals surface area contributed by atoms with Crippen molar-refractivity contribution in [1.29, 1.82) is 0 Å². The van der Waals surface area contributed by atoms with E-state index in [0.717, 1.165) is 6.20 Å². The lowest BCUT2D eigenvalue weighted by atomic mass is 9.94. The number of carbonyl (C=O) groups is 1. The minimum atomic E-state index is -1.13. The summed E-state index contributed by atoms with van der Waals surface area (Å²) in [6.45, 7) is 0. The standard InChI is InChI=1S/C9H11N3O5/c1-17-7(8(13)14)9(2-3-9)6-5(12(15)16)4-10-11-6/h4,7H,2-3H2,1H3,(H,10,11)(H,13,14). The van der Waals surface area contributed by atoms with E-state index in [-0.39, 0.29) is 11.4 Å². The Morgan fingerprint density at radius 3 is 2.82 bits per heavy atom. The molecule has 2 N–H and O–H groups in total. The van der Waals surface area contributed by atoms with Gasteiger partial charge in [0.25, 0.3) is 0 Å². The van der Waals surface area contributed by atoms with E-state index in [4.69, 9.17) is 9.84 Å². The van der Waals surface area contributed by atoms with Crippen LogP contribution in [0.5, 0.6) is 0 Å². The van der Waals surface area contributed by atoms with Crippen LogP contribution in [0.3, 0.4) is 0 Å². The van der Waals surface area contributed by atoms with Crippen LogP contribution < -0.4 is 0 Å². The van der Waals surface area contributed by atoms with E-state index in [1.54, 1.807) is 0 Å². The summed E-state index contributed by atoms with van der Waals surface area (Å²) < 4.78 is 4.93. The highest BCUT2D eigenvalue weighted by atomic mass is 16.6. The first kappa shape index (κ1) is 11.5. The van der Waals surface area contributed by atoms with E-state index in [1.165, 1.54) is 7.11 Å². The summed E-state index contributed by atoms with van der Waals surface area (Å²) in [5, 5.41) is 26.0. The van der Waals surface area contributed by atoms with Crippen LogP contribution in [0.4, 0.5) is 5.69 Å². The Morgan fingerprint density at radius 2 is 2.41 bits per heavy atom. The van der Waals surface area contributed by atoms with E-state index < -0.39 is 22.4 Å². The van der Waals surface area contributed by atoms with Gasteiger partial charge in [-0.15, -0.1) is 0 Å². The summed E-state index contributed by atoms with van der Waals surface area (Å²) >= 11 is 0. The molecule has 1 heterocycles. The van der Waals surface area contributed by atoms with Gasteiger partial charge in [-0.1, -0.05) is 0 Å². The molecule has 0 bridgehead atoms. The van der Waals surface area contributed by atoms with E-state index in [1.807, 2.05) is 0 Å². The molecule has 0 aliphatic heterocycles. The molecule has 0 saturated heterocycles. The first-order valence-corrected chi connectivity index (χ1v) is 4.97. The van der Waals surface area contributed by atoms with Crippen molar-refractivity contribution in [2.45, 2.75) is 24.4 Å². The highest BCUT2D eigenvalue weighted by Crippen LogP contribution is 2.53. The van der Waals surface area contributed by atoms with Crippen LogP contribution in [0, 0.1) is 10.1 Å². The zero-order valence-corrected chi connectivity index (χ0v) is 9.04. The smallest absolute Gasteiger partial charge is 0.333 e. The molecule has 8 nitrogen and oxygen atoms in total. The van der Waals surface area contributed by atoms with Crippen LogP contribution in [-0.4, -0.2) is 39.4 Å². The number of aliphatic carboxylic acids is 1. The minimum absolute atomic E-state index is 0.189. The molecule has 1 atom stereocenters. The van der Waals surface area contributed by atoms with Crippen molar-refractivity contribution in [3.8, 4) is 0 Å². The number of aromatic nitrogens is 2. The van der Waals surface area contributed by atoms with Crippen LogP contribution in [0.25, 0.3) is 0 Å². The molecule has 0 spiro atoms. The first-order chi connectivity index (χ1) is 8.03. The Labute approximate surface area is 95.7 Å². The second-order valence-corrected chi connectivity index (χ2v) is 4.00. The van der Waals surface area contributed by atoms with Gasteiger partial charge in [-0.2, -0.15) is 5.10 Å². The van der Waals surface area contributed by atoms with Crippen molar-refractivity contribution in [2.75, 3.05) is 7.11 Å². The SMILES string of the molecule is COC(C(=O)O)C1(c2[nH]ncc2[N+](=O)[O-])CC1. The molecule has 1 saturated carbocycles. The third kappa shape index (κ3) is 1.66. The summed E-state index contributed by atoms with van der Waals surface area (Å²) in [5.41, 5.74) is -0.804. The number of nitrogens with one attached hydrogen (secondary N) is 1. The van der Waals surface area contributed by atoms with Crippen LogP contribution >= 0.6 is 0 Å². The van der Waals surface area contributed by atoms with Gasteiger partial charge in [0, 0.05) is 7.11 Å². The second-order valence-electron chi connectivity index (χ2n) is 4.00. The molecule has 1 aliphatic rings. The van der Waals surface area contributed by atoms with E-state index in [9.17, 15) is 14.9 Å². The molecule has 1 fully saturated rings. The first-order valence-electron chi connectivity index (χ1n) is 4.97. The predicted molar refractivity (Wildman–Crippen MR) is 54.6 cm³/mol. The number of H-pyrrole nitrogens is 1. The number of hydrogen-bond donors (Lipinski definition) is 2. The van der Waals surface area contributed by atoms with Crippen LogP contribution in [-0.2, 0) is 14.9 Å². The van der Waals surface area contributed by atoms with E-state index in [0.29, 0.717) is 12.8 Å². The van der Waals surface area contributed by atoms with Gasteiger partial charge in [-0.25, -0.2) is 4.79 Å². The van der Waals surface area contributed by atoms with Crippen LogP contribution in [0.1, 0.15) is 18.5 Å². The Kier molecular flexibility index (Phi) is 2.58. The lowest BCUT2D eigenvalue weighted by Crippen LogP contribution is -2.36. The number of aromatic amines is 1. The Balaban J connectivity index is 2.41. The maximum atomic E-state index is 11.1. The van der Waals surface area contributed by atoms with Gasteiger partial charge >= 0.3 is 11.7 Å². The lowest BCUT2D eigenvalue weighted by Gasteiger charge is -2.19. The normalized spacial score (nSPS) is 18.6. The fourth-order valence-electron chi connectivity index (χ4n) is 2.13. The third-order valence-corrected chi connectivity index (χ3v) is 3.06. The van der Waals surface area contributed by atoms with Gasteiger partial charge < -0.3 is 9.84 Å². The van der Waals surface area contributed by atoms with Crippen molar-refractivity contribution in [1.82, 2.24) is 10.2 Å². The van der Waals surface area contributed by atoms with Crippen molar-refractivity contribution >= 4 is 11.7 Å². The number of carboxylic acids is 1. The summed E-state index contributed by atoms with van der Waals surface area (Å²) in [4.78, 5) is 21.3. The number of nitro groups is 1. The van der Waals surface area contributed by atoms with Crippen molar-refractivity contribution in [3.63, 3.8) is 0 Å². The van der Waals surface area contributed by atoms with Gasteiger partial charge in [0.15, 0.2) is 6.10 Å². The number of methoxy groups -OCH3 is 1. The number of ether oxygens (including phenoxy) is 1. The van der Waals surface area contributed by atoms with Crippen molar-refractivity contribution in [3.05, 3.63) is 22.0 Å². The van der Waals surface area contributed by atoms with Crippen molar-refractivity contribution < 1.29 is 19.6 Å². The number of hydrogen-bond acceptors (Lipinski definition) is 5. The third-order valence-electron chi connectivity index (χ3n) is 3.06. The average Bonchev–Trinajstić information content (AvgIpc) is 2.88. The van der Waals surface area contributed by atoms with E-state index in [2.05, 4.69) is 10.2 Å². The highest BCUT2D eigenvalue weighted by Gasteiger charge is 2.58. The largest absolute Gasteiger partial charge is 0.479 e. The lowest BCUT2D eigenvalue weighted by molar-refractivity contribution is -0.386. The van der Waals surface area contributed by atoms with Gasteiger partial charge in [0.2, 0.25) is 0 Å². The molecule has 1 unspecified atom stereocenters. The molecule has 0 radical (unpaired) electrons. The summed E-state index contributed by atoms with van der Waals surface area (Å²) in [7, 11) is 1.28. The predicted octanol–water partition coefficient (Wildman–Crippen LogP) is 0.449. The maximum absolute atomic E-state index is 11.1. The average molecular weight is 241 g/mol. The Hall–Kier alpha value is -1.96. The molecule has 1 aromatic heterocycles. The molecule has 92 valence electrons. The van der Waals surface area contributed by atoms with Gasteiger partial charge in [0.1, 0.15) is 11.9 Å². The molecule has 2 rings (SSSR count). The molecular formula is C9H11N3O5. The summed E-state index contributed by atoms with van der Waals surface area (Å²) in [5.74, 6) is -1.13.